The molecular weight excluding hydrogens is 565 g/mol. The smallest absolute Gasteiger partial charge is 0.264 e. The number of halogens is 2. The van der Waals surface area contributed by atoms with Gasteiger partial charge in [0.15, 0.2) is 0 Å². The van der Waals surface area contributed by atoms with Crippen LogP contribution in [-0.2, 0) is 26.2 Å². The van der Waals surface area contributed by atoms with Crippen LogP contribution >= 0.6 is 11.6 Å². The van der Waals surface area contributed by atoms with E-state index in [9.17, 15) is 22.4 Å². The minimum Gasteiger partial charge on any atom is -0.352 e. The molecule has 10 heteroatoms. The van der Waals surface area contributed by atoms with Crippen molar-refractivity contribution in [1.82, 2.24) is 10.2 Å². The molecule has 2 amide bonds. The summed E-state index contributed by atoms with van der Waals surface area (Å²) < 4.78 is 42.2. The number of sulfonamides is 1. The van der Waals surface area contributed by atoms with Crippen molar-refractivity contribution in [3.8, 4) is 0 Å². The maximum absolute atomic E-state index is 14.1. The van der Waals surface area contributed by atoms with Gasteiger partial charge in [0.05, 0.1) is 10.6 Å². The van der Waals surface area contributed by atoms with Crippen LogP contribution in [0.2, 0.25) is 5.02 Å². The average molecular weight is 600 g/mol. The van der Waals surface area contributed by atoms with Gasteiger partial charge in [-0.1, -0.05) is 68.1 Å². The van der Waals surface area contributed by atoms with E-state index in [0.29, 0.717) is 11.4 Å². The number of carbonyl (C=O) groups is 2. The van der Waals surface area contributed by atoms with E-state index < -0.39 is 34.3 Å². The lowest BCUT2D eigenvalue weighted by molar-refractivity contribution is -0.140. The SMILES string of the molecule is CCC(C(=O)NC1CCCCC1)N(Cc1ccc(Cl)cc1)C(=O)CN(c1ccccc1)S(=O)(=O)c1ccc(F)cc1. The predicted octanol–water partition coefficient (Wildman–Crippen LogP) is 5.93. The molecule has 1 fully saturated rings. The van der Waals surface area contributed by atoms with Crippen LogP contribution in [0.3, 0.4) is 0 Å². The molecule has 0 spiro atoms. The van der Waals surface area contributed by atoms with Gasteiger partial charge in [-0.05, 0) is 73.4 Å². The first-order valence-corrected chi connectivity index (χ1v) is 15.7. The first-order chi connectivity index (χ1) is 19.7. The van der Waals surface area contributed by atoms with E-state index in [1.165, 1.54) is 17.0 Å². The molecule has 41 heavy (non-hydrogen) atoms. The number of nitrogens with one attached hydrogen (secondary N) is 1. The number of rotatable bonds is 11. The molecule has 0 bridgehead atoms. The Morgan fingerprint density at radius 1 is 0.951 bits per heavy atom. The zero-order chi connectivity index (χ0) is 29.4. The van der Waals surface area contributed by atoms with Crippen LogP contribution in [0.25, 0.3) is 0 Å². The average Bonchev–Trinajstić information content (AvgIpc) is 2.98. The van der Waals surface area contributed by atoms with Crippen LogP contribution < -0.4 is 9.62 Å². The van der Waals surface area contributed by atoms with E-state index in [4.69, 9.17) is 11.6 Å². The highest BCUT2D eigenvalue weighted by Crippen LogP contribution is 2.25. The Bertz CT molecular complexity index is 1410. The van der Waals surface area contributed by atoms with Gasteiger partial charge in [0.1, 0.15) is 18.4 Å². The lowest BCUT2D eigenvalue weighted by Crippen LogP contribution is -2.54. The second-order valence-corrected chi connectivity index (χ2v) is 12.5. The standard InChI is InChI=1S/C31H35ClFN3O4S/c1-2-29(31(38)34-26-9-5-3-6-10-26)35(21-23-13-15-24(32)16-14-23)30(37)22-36(27-11-7-4-8-12-27)41(39,40)28-19-17-25(33)18-20-28/h4,7-8,11-20,26,29H,2-3,5-6,9-10,21-22H2,1H3,(H,34,38). The number of hydrogen-bond donors (Lipinski definition) is 1. The largest absolute Gasteiger partial charge is 0.352 e. The number of anilines is 1. The maximum atomic E-state index is 14.1. The zero-order valence-electron chi connectivity index (χ0n) is 23.0. The van der Waals surface area contributed by atoms with Gasteiger partial charge in [-0.2, -0.15) is 0 Å². The Balaban J connectivity index is 1.68. The highest BCUT2D eigenvalue weighted by Gasteiger charge is 2.34. The quantitative estimate of drug-likeness (QED) is 0.296. The van der Waals surface area contributed by atoms with Crippen molar-refractivity contribution < 1.29 is 22.4 Å². The highest BCUT2D eigenvalue weighted by atomic mass is 35.5. The second kappa shape index (κ2) is 14.0. The summed E-state index contributed by atoms with van der Waals surface area (Å²) in [6, 6.07) is 18.9. The van der Waals surface area contributed by atoms with Crippen molar-refractivity contribution in [1.29, 1.82) is 0 Å². The van der Waals surface area contributed by atoms with Crippen molar-refractivity contribution in [3.63, 3.8) is 0 Å². The molecule has 3 aromatic carbocycles. The Hall–Kier alpha value is -3.43. The van der Waals surface area contributed by atoms with Gasteiger partial charge < -0.3 is 10.2 Å². The Morgan fingerprint density at radius 2 is 1.59 bits per heavy atom. The summed E-state index contributed by atoms with van der Waals surface area (Å²) in [7, 11) is -4.25. The van der Waals surface area contributed by atoms with E-state index >= 15 is 0 Å². The molecule has 0 aliphatic heterocycles. The highest BCUT2D eigenvalue weighted by molar-refractivity contribution is 7.92. The molecule has 0 saturated heterocycles. The number of hydrogen-bond acceptors (Lipinski definition) is 4. The number of benzene rings is 3. The van der Waals surface area contributed by atoms with Gasteiger partial charge in [0, 0.05) is 17.6 Å². The normalized spacial score (nSPS) is 14.7. The van der Waals surface area contributed by atoms with Crippen molar-refractivity contribution in [3.05, 3.63) is 95.3 Å². The third-order valence-corrected chi connectivity index (χ3v) is 9.37. The molecule has 0 heterocycles. The summed E-state index contributed by atoms with van der Waals surface area (Å²) >= 11 is 6.07. The molecule has 1 N–H and O–H groups in total. The summed E-state index contributed by atoms with van der Waals surface area (Å²) in [5, 5.41) is 3.66. The fraction of sp³-hybridized carbons (Fsp3) is 0.355. The Morgan fingerprint density at radius 3 is 2.20 bits per heavy atom. The van der Waals surface area contributed by atoms with E-state index in [2.05, 4.69) is 5.32 Å². The van der Waals surface area contributed by atoms with Crippen molar-refractivity contribution in [2.45, 2.75) is 69.0 Å². The maximum Gasteiger partial charge on any atom is 0.264 e. The van der Waals surface area contributed by atoms with Crippen LogP contribution in [0.5, 0.6) is 0 Å². The fourth-order valence-electron chi connectivity index (χ4n) is 5.11. The molecule has 218 valence electrons. The number of amides is 2. The van der Waals surface area contributed by atoms with Crippen LogP contribution in [0.1, 0.15) is 51.0 Å². The number of nitrogens with zero attached hydrogens (tertiary/aromatic N) is 2. The first-order valence-electron chi connectivity index (χ1n) is 13.9. The molecule has 1 saturated carbocycles. The van der Waals surface area contributed by atoms with E-state index in [0.717, 1.165) is 54.1 Å². The summed E-state index contributed by atoms with van der Waals surface area (Å²) in [5.74, 6) is -1.37. The lowest BCUT2D eigenvalue weighted by atomic mass is 9.95. The molecule has 1 aliphatic carbocycles. The second-order valence-electron chi connectivity index (χ2n) is 10.2. The Labute approximate surface area is 246 Å². The topological polar surface area (TPSA) is 86.8 Å². The monoisotopic (exact) mass is 599 g/mol. The van der Waals surface area contributed by atoms with Crippen LogP contribution in [-0.4, -0.2) is 43.8 Å². The molecule has 0 radical (unpaired) electrons. The molecule has 1 unspecified atom stereocenters. The fourth-order valence-corrected chi connectivity index (χ4v) is 6.65. The summed E-state index contributed by atoms with van der Waals surface area (Å²) in [5.41, 5.74) is 1.02. The van der Waals surface area contributed by atoms with Gasteiger partial charge in [-0.15, -0.1) is 0 Å². The lowest BCUT2D eigenvalue weighted by Gasteiger charge is -2.34. The summed E-state index contributed by atoms with van der Waals surface area (Å²) in [4.78, 5) is 28.9. The minimum absolute atomic E-state index is 0.0532. The molecule has 1 aliphatic rings. The van der Waals surface area contributed by atoms with Gasteiger partial charge in [0.25, 0.3) is 10.0 Å². The van der Waals surface area contributed by atoms with Crippen LogP contribution in [0, 0.1) is 5.82 Å². The minimum atomic E-state index is -4.25. The predicted molar refractivity (Wildman–Crippen MR) is 158 cm³/mol. The van der Waals surface area contributed by atoms with Crippen molar-refractivity contribution in [2.24, 2.45) is 0 Å². The number of para-hydroxylation sites is 1. The molecule has 0 aromatic heterocycles. The third kappa shape index (κ3) is 7.86. The van der Waals surface area contributed by atoms with Crippen molar-refractivity contribution in [2.75, 3.05) is 10.8 Å². The summed E-state index contributed by atoms with van der Waals surface area (Å²) in [6.07, 6.45) is 5.36. The molecule has 7 nitrogen and oxygen atoms in total. The van der Waals surface area contributed by atoms with E-state index in [1.807, 2.05) is 6.92 Å². The molecule has 1 atom stereocenters. The van der Waals surface area contributed by atoms with E-state index in [1.54, 1.807) is 54.6 Å². The van der Waals surface area contributed by atoms with Crippen LogP contribution in [0.15, 0.2) is 83.8 Å². The molecule has 4 rings (SSSR count). The molecular formula is C31H35ClFN3O4S. The number of carbonyl (C=O) groups excluding carboxylic acids is 2. The van der Waals surface area contributed by atoms with Crippen molar-refractivity contribution >= 4 is 39.1 Å². The van der Waals surface area contributed by atoms with E-state index in [-0.39, 0.29) is 29.1 Å². The van der Waals surface area contributed by atoms with Gasteiger partial charge >= 0.3 is 0 Å². The zero-order valence-corrected chi connectivity index (χ0v) is 24.6. The Kier molecular flexibility index (Phi) is 10.4. The van der Waals surface area contributed by atoms with Gasteiger partial charge in [-0.25, -0.2) is 12.8 Å². The first kappa shape index (κ1) is 30.5. The van der Waals surface area contributed by atoms with Crippen LogP contribution in [0.4, 0.5) is 10.1 Å². The molecule has 3 aromatic rings. The van der Waals surface area contributed by atoms with Gasteiger partial charge in [0.2, 0.25) is 11.8 Å². The third-order valence-electron chi connectivity index (χ3n) is 7.33. The van der Waals surface area contributed by atoms with Gasteiger partial charge in [-0.3, -0.25) is 13.9 Å². The summed E-state index contributed by atoms with van der Waals surface area (Å²) in [6.45, 7) is 1.37.